The van der Waals surface area contributed by atoms with E-state index < -0.39 is 0 Å². The largest absolute Gasteiger partial charge is 0.489 e. The molecule has 0 bridgehead atoms. The fourth-order valence-electron chi connectivity index (χ4n) is 3.58. The van der Waals surface area contributed by atoms with E-state index >= 15 is 0 Å². The van der Waals surface area contributed by atoms with Gasteiger partial charge in [0.25, 0.3) is 5.91 Å². The van der Waals surface area contributed by atoms with Gasteiger partial charge in [0.1, 0.15) is 11.9 Å². The average Bonchev–Trinajstić information content (AvgIpc) is 3.34. The quantitative estimate of drug-likeness (QED) is 0.388. The summed E-state index contributed by atoms with van der Waals surface area (Å²) in [5.74, 6) is 0.743. The van der Waals surface area contributed by atoms with Crippen molar-refractivity contribution in [3.8, 4) is 5.75 Å². The van der Waals surface area contributed by atoms with Gasteiger partial charge in [0.2, 0.25) is 0 Å². The van der Waals surface area contributed by atoms with Crippen LogP contribution >= 0.6 is 11.3 Å². The van der Waals surface area contributed by atoms with Gasteiger partial charge in [0.05, 0.1) is 16.9 Å². The number of fused-ring (bicyclic) bond motifs is 1. The minimum absolute atomic E-state index is 0.0588. The van der Waals surface area contributed by atoms with Crippen molar-refractivity contribution in [3.63, 3.8) is 0 Å². The van der Waals surface area contributed by atoms with Gasteiger partial charge in [-0.2, -0.15) is 0 Å². The van der Waals surface area contributed by atoms with Gasteiger partial charge in [-0.05, 0) is 66.9 Å². The number of hydrogen-bond donors (Lipinski definition) is 1. The lowest BCUT2D eigenvalue weighted by molar-refractivity contribution is 0.0936. The molecule has 0 radical (unpaired) electrons. The number of benzene rings is 2. The van der Waals surface area contributed by atoms with Gasteiger partial charge in [-0.1, -0.05) is 30.3 Å². The number of amides is 1. The van der Waals surface area contributed by atoms with Crippen molar-refractivity contribution in [1.29, 1.82) is 0 Å². The Morgan fingerprint density at radius 2 is 1.84 bits per heavy atom. The summed E-state index contributed by atoms with van der Waals surface area (Å²) in [5.41, 5.74) is 3.52. The van der Waals surface area contributed by atoms with Crippen LogP contribution in [-0.2, 0) is 13.1 Å². The zero-order valence-electron chi connectivity index (χ0n) is 18.3. The molecule has 4 rings (SSSR count). The van der Waals surface area contributed by atoms with E-state index in [1.54, 1.807) is 0 Å². The van der Waals surface area contributed by atoms with E-state index in [2.05, 4.69) is 58.6 Å². The molecule has 0 aliphatic carbocycles. The molecule has 0 saturated carbocycles. The second-order valence-corrected chi connectivity index (χ2v) is 8.91. The third kappa shape index (κ3) is 5.93. The summed E-state index contributed by atoms with van der Waals surface area (Å²) >= 11 is 1.43. The maximum Gasteiger partial charge on any atom is 0.261 e. The Kier molecular flexibility index (Phi) is 7.14. The van der Waals surface area contributed by atoms with Gasteiger partial charge in [-0.15, -0.1) is 11.3 Å². The van der Waals surface area contributed by atoms with Crippen LogP contribution in [0.1, 0.15) is 27.7 Å². The summed E-state index contributed by atoms with van der Waals surface area (Å²) in [4.78, 5) is 19.4. The predicted molar refractivity (Wildman–Crippen MR) is 130 cm³/mol. The number of aromatic nitrogens is 1. The zero-order chi connectivity index (χ0) is 22.3. The van der Waals surface area contributed by atoms with Gasteiger partial charge in [-0.25, -0.2) is 0 Å². The first kappa shape index (κ1) is 22.0. The molecule has 0 spiro atoms. The SMILES string of the molecule is C[C@@H](CNC(=O)c1cccs1)Oc1ccc(CN(C)Cc2ccc3ncccc3c2)cc1. The molecule has 4 aromatic rings. The molecule has 2 aromatic heterocycles. The smallest absolute Gasteiger partial charge is 0.261 e. The van der Waals surface area contributed by atoms with E-state index in [9.17, 15) is 4.79 Å². The Hall–Kier alpha value is -3.22. The maximum absolute atomic E-state index is 12.0. The third-order valence-electron chi connectivity index (χ3n) is 5.13. The molecule has 2 heterocycles. The average molecular weight is 446 g/mol. The van der Waals surface area contributed by atoms with E-state index in [0.717, 1.165) is 24.4 Å². The first-order chi connectivity index (χ1) is 15.6. The minimum atomic E-state index is -0.116. The van der Waals surface area contributed by atoms with Crippen LogP contribution in [0, 0.1) is 0 Å². The second-order valence-electron chi connectivity index (χ2n) is 7.96. The number of ether oxygens (including phenoxy) is 1. The molecular formula is C26H27N3O2S. The van der Waals surface area contributed by atoms with Crippen molar-refractivity contribution >= 4 is 28.1 Å². The Morgan fingerprint density at radius 1 is 1.06 bits per heavy atom. The maximum atomic E-state index is 12.0. The van der Waals surface area contributed by atoms with Crippen LogP contribution in [0.3, 0.4) is 0 Å². The molecule has 2 aromatic carbocycles. The fourth-order valence-corrected chi connectivity index (χ4v) is 4.22. The van der Waals surface area contributed by atoms with Gasteiger partial charge in [0.15, 0.2) is 0 Å². The molecule has 5 nitrogen and oxygen atoms in total. The number of thiophene rings is 1. The van der Waals surface area contributed by atoms with Crippen molar-refractivity contribution in [3.05, 3.63) is 94.3 Å². The van der Waals surface area contributed by atoms with E-state index in [4.69, 9.17) is 4.74 Å². The van der Waals surface area contributed by atoms with Crippen molar-refractivity contribution in [2.24, 2.45) is 0 Å². The second kappa shape index (κ2) is 10.4. The van der Waals surface area contributed by atoms with Crippen LogP contribution in [0.15, 0.2) is 78.3 Å². The number of pyridine rings is 1. The number of nitrogens with one attached hydrogen (secondary N) is 1. The summed E-state index contributed by atoms with van der Waals surface area (Å²) in [6, 6.07) is 22.3. The minimum Gasteiger partial charge on any atom is -0.489 e. The molecule has 0 aliphatic heterocycles. The molecule has 0 fully saturated rings. The number of rotatable bonds is 9. The molecule has 32 heavy (non-hydrogen) atoms. The van der Waals surface area contributed by atoms with Crippen LogP contribution < -0.4 is 10.1 Å². The molecular weight excluding hydrogens is 418 g/mol. The number of carbonyl (C=O) groups excluding carboxylic acids is 1. The molecule has 0 saturated heterocycles. The lowest BCUT2D eigenvalue weighted by atomic mass is 10.1. The standard InChI is InChI=1S/C26H27N3O2S/c1-19(16-28-26(30)25-6-4-14-32-25)31-23-10-7-20(8-11-23)17-29(2)18-21-9-12-24-22(15-21)5-3-13-27-24/h3-15,19H,16-18H2,1-2H3,(H,28,30)/t19-/m0/s1. The number of hydrogen-bond acceptors (Lipinski definition) is 5. The van der Waals surface area contributed by atoms with Gasteiger partial charge < -0.3 is 10.1 Å². The molecule has 1 atom stereocenters. The summed E-state index contributed by atoms with van der Waals surface area (Å²) in [7, 11) is 2.12. The van der Waals surface area contributed by atoms with Crippen molar-refractivity contribution in [2.75, 3.05) is 13.6 Å². The van der Waals surface area contributed by atoms with Crippen LogP contribution in [0.2, 0.25) is 0 Å². The molecule has 0 unspecified atom stereocenters. The number of carbonyl (C=O) groups is 1. The van der Waals surface area contributed by atoms with Gasteiger partial charge >= 0.3 is 0 Å². The summed E-state index contributed by atoms with van der Waals surface area (Å²) in [6.07, 6.45) is 1.71. The van der Waals surface area contributed by atoms with Gasteiger partial charge in [-0.3, -0.25) is 14.7 Å². The van der Waals surface area contributed by atoms with Crippen LogP contribution in [0.25, 0.3) is 10.9 Å². The molecule has 164 valence electrons. The van der Waals surface area contributed by atoms with E-state index in [0.29, 0.717) is 11.4 Å². The molecule has 0 aliphatic rings. The summed E-state index contributed by atoms with van der Waals surface area (Å²) < 4.78 is 5.95. The molecule has 6 heteroatoms. The Labute approximate surface area is 192 Å². The molecule has 1 N–H and O–H groups in total. The van der Waals surface area contributed by atoms with Crippen LogP contribution in [-0.4, -0.2) is 35.5 Å². The van der Waals surface area contributed by atoms with E-state index in [-0.39, 0.29) is 12.0 Å². The highest BCUT2D eigenvalue weighted by atomic mass is 32.1. The third-order valence-corrected chi connectivity index (χ3v) is 6.00. The lowest BCUT2D eigenvalue weighted by Crippen LogP contribution is -2.33. The Balaban J connectivity index is 1.25. The normalized spacial score (nSPS) is 12.1. The Bertz CT molecular complexity index is 1160. The van der Waals surface area contributed by atoms with Crippen LogP contribution in [0.5, 0.6) is 5.75 Å². The lowest BCUT2D eigenvalue weighted by Gasteiger charge is -2.18. The summed E-state index contributed by atoms with van der Waals surface area (Å²) in [5, 5.41) is 5.98. The fraction of sp³-hybridized carbons (Fsp3) is 0.231. The first-order valence-corrected chi connectivity index (χ1v) is 11.5. The highest BCUT2D eigenvalue weighted by Gasteiger charge is 2.10. The predicted octanol–water partition coefficient (Wildman–Crippen LogP) is 5.13. The van der Waals surface area contributed by atoms with Crippen molar-refractivity contribution in [1.82, 2.24) is 15.2 Å². The zero-order valence-corrected chi connectivity index (χ0v) is 19.1. The highest BCUT2D eigenvalue weighted by Crippen LogP contribution is 2.18. The summed E-state index contributed by atoms with van der Waals surface area (Å²) in [6.45, 7) is 4.12. The number of nitrogens with zero attached hydrogens (tertiary/aromatic N) is 2. The van der Waals surface area contributed by atoms with Crippen molar-refractivity contribution in [2.45, 2.75) is 26.1 Å². The molecule has 1 amide bonds. The first-order valence-electron chi connectivity index (χ1n) is 10.7. The van der Waals surface area contributed by atoms with E-state index in [1.165, 1.54) is 27.8 Å². The topological polar surface area (TPSA) is 54.5 Å². The van der Waals surface area contributed by atoms with Crippen molar-refractivity contribution < 1.29 is 9.53 Å². The monoisotopic (exact) mass is 445 g/mol. The van der Waals surface area contributed by atoms with Gasteiger partial charge in [0, 0.05) is 24.7 Å². The van der Waals surface area contributed by atoms with E-state index in [1.807, 2.05) is 48.8 Å². The highest BCUT2D eigenvalue weighted by molar-refractivity contribution is 7.12. The van der Waals surface area contributed by atoms with Crippen LogP contribution in [0.4, 0.5) is 0 Å². The Morgan fingerprint density at radius 3 is 2.62 bits per heavy atom.